The molecule has 110 valence electrons. The fourth-order valence-corrected chi connectivity index (χ4v) is 2.73. The molecule has 20 heavy (non-hydrogen) atoms. The maximum Gasteiger partial charge on any atom is 0.222 e. The molecule has 2 rings (SSSR count). The summed E-state index contributed by atoms with van der Waals surface area (Å²) in [5, 5.41) is 0. The van der Waals surface area contributed by atoms with Gasteiger partial charge >= 0.3 is 0 Å². The van der Waals surface area contributed by atoms with E-state index in [-0.39, 0.29) is 17.8 Å². The quantitative estimate of drug-likeness (QED) is 0.919. The maximum atomic E-state index is 12.8. The van der Waals surface area contributed by atoms with E-state index in [0.29, 0.717) is 18.8 Å². The summed E-state index contributed by atoms with van der Waals surface area (Å²) in [6.45, 7) is 3.63. The number of piperidine rings is 1. The van der Waals surface area contributed by atoms with E-state index < -0.39 is 0 Å². The molecular weight excluding hydrogens is 255 g/mol. The summed E-state index contributed by atoms with van der Waals surface area (Å²) in [7, 11) is 0. The molecule has 1 aliphatic rings. The average Bonchev–Trinajstić information content (AvgIpc) is 2.46. The Morgan fingerprint density at radius 2 is 2.15 bits per heavy atom. The van der Waals surface area contributed by atoms with Crippen LogP contribution in [0.1, 0.15) is 31.7 Å². The molecule has 4 heteroatoms. The Labute approximate surface area is 120 Å². The van der Waals surface area contributed by atoms with Gasteiger partial charge in [-0.25, -0.2) is 4.39 Å². The summed E-state index contributed by atoms with van der Waals surface area (Å²) in [4.78, 5) is 14.1. The minimum atomic E-state index is -0.240. The summed E-state index contributed by atoms with van der Waals surface area (Å²) in [6, 6.07) is 6.50. The molecule has 0 saturated carbocycles. The summed E-state index contributed by atoms with van der Waals surface area (Å²) >= 11 is 0. The molecule has 2 N–H and O–H groups in total. The molecule has 0 aromatic heterocycles. The van der Waals surface area contributed by atoms with Gasteiger partial charge in [-0.15, -0.1) is 0 Å². The number of carbonyl (C=O) groups is 1. The van der Waals surface area contributed by atoms with Crippen LogP contribution in [0, 0.1) is 11.7 Å². The van der Waals surface area contributed by atoms with Gasteiger partial charge in [0, 0.05) is 25.6 Å². The molecular formula is C16H23FN2O. The van der Waals surface area contributed by atoms with Crippen LogP contribution in [0.25, 0.3) is 0 Å². The van der Waals surface area contributed by atoms with E-state index in [1.165, 1.54) is 12.1 Å². The number of carbonyl (C=O) groups excluding carboxylic acids is 1. The van der Waals surface area contributed by atoms with Gasteiger partial charge in [-0.1, -0.05) is 12.1 Å². The highest BCUT2D eigenvalue weighted by Crippen LogP contribution is 2.19. The largest absolute Gasteiger partial charge is 0.342 e. The predicted molar refractivity (Wildman–Crippen MR) is 77.7 cm³/mol. The number of likely N-dealkylation sites (tertiary alicyclic amines) is 1. The first-order valence-corrected chi connectivity index (χ1v) is 7.34. The van der Waals surface area contributed by atoms with Crippen molar-refractivity contribution in [3.05, 3.63) is 35.6 Å². The Morgan fingerprint density at radius 3 is 2.80 bits per heavy atom. The van der Waals surface area contributed by atoms with Gasteiger partial charge in [0.05, 0.1) is 0 Å². The normalized spacial score (nSPS) is 20.8. The zero-order chi connectivity index (χ0) is 14.5. The van der Waals surface area contributed by atoms with Crippen molar-refractivity contribution in [1.82, 2.24) is 4.90 Å². The van der Waals surface area contributed by atoms with Crippen molar-refractivity contribution < 1.29 is 9.18 Å². The Morgan fingerprint density at radius 1 is 1.45 bits per heavy atom. The summed E-state index contributed by atoms with van der Waals surface area (Å²) in [6.07, 6.45) is 3.30. The lowest BCUT2D eigenvalue weighted by Gasteiger charge is -2.34. The van der Waals surface area contributed by atoms with Crippen molar-refractivity contribution in [2.45, 2.75) is 38.6 Å². The molecule has 2 atom stereocenters. The van der Waals surface area contributed by atoms with Crippen LogP contribution in [0.5, 0.6) is 0 Å². The summed E-state index contributed by atoms with van der Waals surface area (Å²) < 4.78 is 12.8. The highest BCUT2D eigenvalue weighted by molar-refractivity contribution is 5.76. The maximum absolute atomic E-state index is 12.8. The van der Waals surface area contributed by atoms with Crippen LogP contribution in [0.3, 0.4) is 0 Å². The van der Waals surface area contributed by atoms with E-state index in [1.54, 1.807) is 12.1 Å². The van der Waals surface area contributed by atoms with Gasteiger partial charge in [0.2, 0.25) is 5.91 Å². The van der Waals surface area contributed by atoms with E-state index >= 15 is 0 Å². The Hall–Kier alpha value is -1.42. The lowest BCUT2D eigenvalue weighted by atomic mass is 9.92. The number of rotatable bonds is 4. The zero-order valence-electron chi connectivity index (χ0n) is 12.0. The highest BCUT2D eigenvalue weighted by Gasteiger charge is 2.25. The first-order chi connectivity index (χ1) is 9.56. The van der Waals surface area contributed by atoms with Crippen molar-refractivity contribution in [3.63, 3.8) is 0 Å². The van der Waals surface area contributed by atoms with E-state index in [1.807, 2.05) is 11.8 Å². The molecule has 1 aromatic carbocycles. The SMILES string of the molecule is CC(N)C1CCCN(C(=O)CCc2ccc(F)cc2)C1. The van der Waals surface area contributed by atoms with E-state index in [0.717, 1.165) is 31.5 Å². The molecule has 0 bridgehead atoms. The number of nitrogens with zero attached hydrogens (tertiary/aromatic N) is 1. The van der Waals surface area contributed by atoms with Crippen LogP contribution in [0.2, 0.25) is 0 Å². The van der Waals surface area contributed by atoms with E-state index in [2.05, 4.69) is 0 Å². The first-order valence-electron chi connectivity index (χ1n) is 7.34. The van der Waals surface area contributed by atoms with Crippen LogP contribution in [0.15, 0.2) is 24.3 Å². The summed E-state index contributed by atoms with van der Waals surface area (Å²) in [5.41, 5.74) is 6.94. The van der Waals surface area contributed by atoms with E-state index in [9.17, 15) is 9.18 Å². The fraction of sp³-hybridized carbons (Fsp3) is 0.562. The second-order valence-corrected chi connectivity index (χ2v) is 5.73. The Balaban J connectivity index is 1.83. The molecule has 0 spiro atoms. The van der Waals surface area contributed by atoms with Crippen molar-refractivity contribution in [2.75, 3.05) is 13.1 Å². The van der Waals surface area contributed by atoms with Gasteiger partial charge in [0.25, 0.3) is 0 Å². The Kier molecular flexibility index (Phi) is 5.12. The lowest BCUT2D eigenvalue weighted by molar-refractivity contribution is -0.133. The van der Waals surface area contributed by atoms with Crippen molar-refractivity contribution in [2.24, 2.45) is 11.7 Å². The second-order valence-electron chi connectivity index (χ2n) is 5.73. The minimum absolute atomic E-state index is 0.141. The third kappa shape index (κ3) is 4.04. The minimum Gasteiger partial charge on any atom is -0.342 e. The monoisotopic (exact) mass is 278 g/mol. The topological polar surface area (TPSA) is 46.3 Å². The highest BCUT2D eigenvalue weighted by atomic mass is 19.1. The van der Waals surface area contributed by atoms with Gasteiger partial charge in [-0.2, -0.15) is 0 Å². The van der Waals surface area contributed by atoms with Crippen LogP contribution in [-0.2, 0) is 11.2 Å². The molecule has 1 aliphatic heterocycles. The molecule has 0 aliphatic carbocycles. The fourth-order valence-electron chi connectivity index (χ4n) is 2.73. The van der Waals surface area contributed by atoms with Crippen molar-refractivity contribution in [3.8, 4) is 0 Å². The molecule has 1 amide bonds. The third-order valence-electron chi connectivity index (χ3n) is 4.09. The standard InChI is InChI=1S/C16H23FN2O/c1-12(18)14-3-2-10-19(11-14)16(20)9-6-13-4-7-15(17)8-5-13/h4-5,7-8,12,14H,2-3,6,9-11,18H2,1H3. The Bertz CT molecular complexity index is 444. The number of aryl methyl sites for hydroxylation is 1. The molecule has 1 fully saturated rings. The molecule has 0 radical (unpaired) electrons. The van der Waals surface area contributed by atoms with Crippen LogP contribution < -0.4 is 5.73 Å². The van der Waals surface area contributed by atoms with Gasteiger partial charge in [0.15, 0.2) is 0 Å². The number of nitrogens with two attached hydrogens (primary N) is 1. The van der Waals surface area contributed by atoms with Crippen LogP contribution >= 0.6 is 0 Å². The average molecular weight is 278 g/mol. The number of amides is 1. The van der Waals surface area contributed by atoms with Gasteiger partial charge < -0.3 is 10.6 Å². The first kappa shape index (κ1) is 15.0. The second kappa shape index (κ2) is 6.84. The van der Waals surface area contributed by atoms with Crippen LogP contribution in [-0.4, -0.2) is 29.9 Å². The van der Waals surface area contributed by atoms with Crippen molar-refractivity contribution in [1.29, 1.82) is 0 Å². The molecule has 1 aromatic rings. The third-order valence-corrected chi connectivity index (χ3v) is 4.09. The smallest absolute Gasteiger partial charge is 0.222 e. The van der Waals surface area contributed by atoms with Gasteiger partial charge in [-0.3, -0.25) is 4.79 Å². The zero-order valence-corrected chi connectivity index (χ0v) is 12.0. The predicted octanol–water partition coefficient (Wildman–Crippen LogP) is 2.34. The molecule has 3 nitrogen and oxygen atoms in total. The number of halogens is 1. The summed E-state index contributed by atoms with van der Waals surface area (Å²) in [5.74, 6) is 0.356. The molecule has 1 heterocycles. The number of hydrogen-bond donors (Lipinski definition) is 1. The number of benzene rings is 1. The molecule has 2 unspecified atom stereocenters. The van der Waals surface area contributed by atoms with Crippen LogP contribution in [0.4, 0.5) is 4.39 Å². The lowest BCUT2D eigenvalue weighted by Crippen LogP contribution is -2.45. The number of hydrogen-bond acceptors (Lipinski definition) is 2. The van der Waals surface area contributed by atoms with E-state index in [4.69, 9.17) is 5.73 Å². The van der Waals surface area contributed by atoms with Crippen molar-refractivity contribution >= 4 is 5.91 Å². The van der Waals surface area contributed by atoms with Gasteiger partial charge in [-0.05, 0) is 49.8 Å². The van der Waals surface area contributed by atoms with Gasteiger partial charge in [0.1, 0.15) is 5.82 Å². The molecule has 1 saturated heterocycles.